The van der Waals surface area contributed by atoms with Crippen LogP contribution in [0.2, 0.25) is 0 Å². The number of nitrogens with zero attached hydrogens (tertiary/aromatic N) is 1. The predicted octanol–water partition coefficient (Wildman–Crippen LogP) is 3.48. The summed E-state index contributed by atoms with van der Waals surface area (Å²) in [6.07, 6.45) is 0.560. The fraction of sp³-hybridized carbons (Fsp3) is 0.235. The summed E-state index contributed by atoms with van der Waals surface area (Å²) in [6, 6.07) is 11.2. The Bertz CT molecular complexity index is 655. The highest BCUT2D eigenvalue weighted by atomic mass is 19.1. The molecule has 108 valence electrons. The van der Waals surface area contributed by atoms with Gasteiger partial charge in [0, 0.05) is 12.6 Å². The number of hydrogen-bond acceptors (Lipinski definition) is 2. The first kappa shape index (κ1) is 15.1. The van der Waals surface area contributed by atoms with Gasteiger partial charge in [0.25, 0.3) is 0 Å². The van der Waals surface area contributed by atoms with Gasteiger partial charge in [0.2, 0.25) is 0 Å². The molecule has 0 aliphatic carbocycles. The lowest BCUT2D eigenvalue weighted by molar-refractivity contribution is 0.577. The van der Waals surface area contributed by atoms with Crippen LogP contribution in [0, 0.1) is 29.9 Å². The number of hydrogen-bond donors (Lipinski definition) is 1. The van der Waals surface area contributed by atoms with Crippen LogP contribution in [0.4, 0.5) is 8.78 Å². The third kappa shape index (κ3) is 4.37. The summed E-state index contributed by atoms with van der Waals surface area (Å²) in [7, 11) is 0. The molecule has 0 bridgehead atoms. The molecule has 21 heavy (non-hydrogen) atoms. The average Bonchev–Trinajstić information content (AvgIpc) is 2.43. The second kappa shape index (κ2) is 6.96. The summed E-state index contributed by atoms with van der Waals surface area (Å²) in [6.45, 7) is 3.25. The lowest BCUT2D eigenvalue weighted by Gasteiger charge is -2.08. The van der Waals surface area contributed by atoms with Crippen molar-refractivity contribution in [3.63, 3.8) is 0 Å². The Morgan fingerprint density at radius 2 is 1.81 bits per heavy atom. The average molecular weight is 286 g/mol. The summed E-state index contributed by atoms with van der Waals surface area (Å²) in [5.41, 5.74) is 3.45. The maximum atomic E-state index is 13.0. The maximum absolute atomic E-state index is 13.0. The number of aryl methyl sites for hydroxylation is 1. The highest BCUT2D eigenvalue weighted by Gasteiger charge is 2.02. The number of nitriles is 1. The van der Waals surface area contributed by atoms with Crippen LogP contribution >= 0.6 is 0 Å². The summed E-state index contributed by atoms with van der Waals surface area (Å²) < 4.78 is 26.1. The largest absolute Gasteiger partial charge is 0.312 e. The van der Waals surface area contributed by atoms with Gasteiger partial charge < -0.3 is 5.32 Å². The van der Waals surface area contributed by atoms with Crippen molar-refractivity contribution in [3.8, 4) is 6.07 Å². The van der Waals surface area contributed by atoms with Gasteiger partial charge >= 0.3 is 0 Å². The van der Waals surface area contributed by atoms with Gasteiger partial charge in [-0.2, -0.15) is 5.26 Å². The fourth-order valence-electron chi connectivity index (χ4n) is 2.17. The number of benzene rings is 2. The van der Waals surface area contributed by atoms with Gasteiger partial charge in [-0.05, 0) is 60.8 Å². The molecular formula is C17H16F2N2. The third-order valence-corrected chi connectivity index (χ3v) is 3.30. The Kier molecular flexibility index (Phi) is 5.02. The summed E-state index contributed by atoms with van der Waals surface area (Å²) >= 11 is 0. The van der Waals surface area contributed by atoms with Gasteiger partial charge in [0.15, 0.2) is 0 Å². The van der Waals surface area contributed by atoms with Crippen LogP contribution in [0.5, 0.6) is 0 Å². The number of halogens is 2. The third-order valence-electron chi connectivity index (χ3n) is 3.30. The van der Waals surface area contributed by atoms with E-state index >= 15 is 0 Å². The Morgan fingerprint density at radius 3 is 2.43 bits per heavy atom. The van der Waals surface area contributed by atoms with Crippen molar-refractivity contribution in [1.29, 1.82) is 5.26 Å². The molecule has 0 fully saturated rings. The van der Waals surface area contributed by atoms with Crippen molar-refractivity contribution in [2.75, 3.05) is 6.54 Å². The van der Waals surface area contributed by atoms with Crippen LogP contribution < -0.4 is 5.32 Å². The molecule has 2 nitrogen and oxygen atoms in total. The molecule has 0 atom stereocenters. The van der Waals surface area contributed by atoms with Gasteiger partial charge in [-0.1, -0.05) is 6.07 Å². The minimum atomic E-state index is -0.548. The highest BCUT2D eigenvalue weighted by Crippen LogP contribution is 2.11. The van der Waals surface area contributed by atoms with Gasteiger partial charge in [-0.15, -0.1) is 0 Å². The highest BCUT2D eigenvalue weighted by molar-refractivity contribution is 5.37. The van der Waals surface area contributed by atoms with E-state index in [-0.39, 0.29) is 0 Å². The molecule has 1 N–H and O–H groups in total. The molecule has 0 spiro atoms. The van der Waals surface area contributed by atoms with E-state index in [1.165, 1.54) is 12.1 Å². The number of rotatable bonds is 5. The minimum Gasteiger partial charge on any atom is -0.312 e. The smallest absolute Gasteiger partial charge is 0.126 e. The zero-order chi connectivity index (χ0) is 15.2. The zero-order valence-electron chi connectivity index (χ0n) is 11.8. The first-order valence-electron chi connectivity index (χ1n) is 6.74. The molecule has 0 radical (unpaired) electrons. The molecule has 2 aromatic rings. The van der Waals surface area contributed by atoms with Gasteiger partial charge in [0.1, 0.15) is 11.6 Å². The molecule has 0 aliphatic heterocycles. The number of nitrogens with one attached hydrogen (secondary N) is 1. The molecule has 4 heteroatoms. The Balaban J connectivity index is 1.86. The van der Waals surface area contributed by atoms with E-state index in [0.717, 1.165) is 17.2 Å². The molecule has 2 aromatic carbocycles. The van der Waals surface area contributed by atoms with Gasteiger partial charge in [-0.25, -0.2) is 8.78 Å². The Labute approximate surface area is 123 Å². The van der Waals surface area contributed by atoms with E-state index in [0.29, 0.717) is 30.6 Å². The van der Waals surface area contributed by atoms with E-state index in [4.69, 9.17) is 5.26 Å². The van der Waals surface area contributed by atoms with Crippen LogP contribution in [-0.4, -0.2) is 6.54 Å². The van der Waals surface area contributed by atoms with Crippen molar-refractivity contribution in [2.45, 2.75) is 19.9 Å². The molecule has 0 saturated heterocycles. The lowest BCUT2D eigenvalue weighted by Crippen LogP contribution is -2.17. The first-order valence-corrected chi connectivity index (χ1v) is 6.74. The van der Waals surface area contributed by atoms with E-state index < -0.39 is 11.6 Å². The molecule has 0 aliphatic rings. The van der Waals surface area contributed by atoms with Crippen molar-refractivity contribution in [3.05, 3.63) is 70.3 Å². The molecule has 2 rings (SSSR count). The topological polar surface area (TPSA) is 35.8 Å². The van der Waals surface area contributed by atoms with Crippen LogP contribution in [0.15, 0.2) is 36.4 Å². The SMILES string of the molecule is Cc1cc(C#N)ccc1CNCCc1cc(F)cc(F)c1. The molecule has 0 amide bonds. The first-order chi connectivity index (χ1) is 10.1. The summed E-state index contributed by atoms with van der Waals surface area (Å²) in [4.78, 5) is 0. The predicted molar refractivity (Wildman–Crippen MR) is 77.7 cm³/mol. The standard InChI is InChI=1S/C17H16F2N2/c1-12-6-14(10-20)2-3-15(12)11-21-5-4-13-7-16(18)9-17(19)8-13/h2-3,6-9,21H,4-5,11H2,1H3. The van der Waals surface area contributed by atoms with E-state index in [1.807, 2.05) is 19.1 Å². The van der Waals surface area contributed by atoms with Crippen molar-refractivity contribution in [2.24, 2.45) is 0 Å². The maximum Gasteiger partial charge on any atom is 0.126 e. The monoisotopic (exact) mass is 286 g/mol. The second-order valence-corrected chi connectivity index (χ2v) is 4.96. The van der Waals surface area contributed by atoms with Crippen molar-refractivity contribution >= 4 is 0 Å². The lowest BCUT2D eigenvalue weighted by atomic mass is 10.1. The van der Waals surface area contributed by atoms with E-state index in [1.54, 1.807) is 6.07 Å². The molecule has 0 aromatic heterocycles. The quantitative estimate of drug-likeness (QED) is 0.854. The normalized spacial score (nSPS) is 10.4. The van der Waals surface area contributed by atoms with Gasteiger partial charge in [-0.3, -0.25) is 0 Å². The van der Waals surface area contributed by atoms with E-state index in [9.17, 15) is 8.78 Å². The van der Waals surface area contributed by atoms with Crippen LogP contribution in [-0.2, 0) is 13.0 Å². The van der Waals surface area contributed by atoms with Gasteiger partial charge in [0.05, 0.1) is 11.6 Å². The van der Waals surface area contributed by atoms with Crippen molar-refractivity contribution < 1.29 is 8.78 Å². The van der Waals surface area contributed by atoms with Crippen LogP contribution in [0.25, 0.3) is 0 Å². The van der Waals surface area contributed by atoms with Crippen LogP contribution in [0.3, 0.4) is 0 Å². The fourth-order valence-corrected chi connectivity index (χ4v) is 2.17. The van der Waals surface area contributed by atoms with Crippen LogP contribution in [0.1, 0.15) is 22.3 Å². The van der Waals surface area contributed by atoms with E-state index in [2.05, 4.69) is 11.4 Å². The molecule has 0 unspecified atom stereocenters. The Hall–Kier alpha value is -2.25. The van der Waals surface area contributed by atoms with Crippen molar-refractivity contribution in [1.82, 2.24) is 5.32 Å². The second-order valence-electron chi connectivity index (χ2n) is 4.96. The molecule has 0 saturated carbocycles. The summed E-state index contributed by atoms with van der Waals surface area (Å²) in [5.74, 6) is -1.10. The molecule has 0 heterocycles. The minimum absolute atomic E-state index is 0.548. The Morgan fingerprint density at radius 1 is 1.10 bits per heavy atom. The zero-order valence-corrected chi connectivity index (χ0v) is 11.8. The summed E-state index contributed by atoms with van der Waals surface area (Å²) in [5, 5.41) is 12.1. The molecular weight excluding hydrogens is 270 g/mol.